The maximum atomic E-state index is 13.2. The Bertz CT molecular complexity index is 996. The van der Waals surface area contributed by atoms with Gasteiger partial charge in [0.1, 0.15) is 17.0 Å². The summed E-state index contributed by atoms with van der Waals surface area (Å²) in [6, 6.07) is 8.25. The molecule has 0 radical (unpaired) electrons. The second-order valence-corrected chi connectivity index (χ2v) is 7.58. The van der Waals surface area contributed by atoms with Crippen LogP contribution in [0.3, 0.4) is 0 Å². The standard InChI is InChI=1S/C19H19F3N4/c1-18(2,3)17-24-14-6-7-15(19(20,21)22)25-16(14)26(17)12-4-5-13-11(10-12)8-9-23-13/h4-7,10,23H,8-9H2,1-3H3. The van der Waals surface area contributed by atoms with Crippen LogP contribution in [0.25, 0.3) is 16.9 Å². The molecule has 4 rings (SSSR count). The van der Waals surface area contributed by atoms with Gasteiger partial charge in [0.2, 0.25) is 0 Å². The minimum Gasteiger partial charge on any atom is -0.384 e. The predicted molar refractivity (Wildman–Crippen MR) is 94.8 cm³/mol. The summed E-state index contributed by atoms with van der Waals surface area (Å²) in [4.78, 5) is 8.50. The van der Waals surface area contributed by atoms with Crippen LogP contribution in [0.5, 0.6) is 0 Å². The zero-order chi connectivity index (χ0) is 18.7. The zero-order valence-corrected chi connectivity index (χ0v) is 14.8. The van der Waals surface area contributed by atoms with Crippen molar-refractivity contribution in [1.82, 2.24) is 14.5 Å². The fourth-order valence-electron chi connectivity index (χ4n) is 3.29. The summed E-state index contributed by atoms with van der Waals surface area (Å²) in [5.74, 6) is 0.685. The second kappa shape index (κ2) is 5.46. The van der Waals surface area contributed by atoms with Crippen molar-refractivity contribution in [1.29, 1.82) is 0 Å². The Kier molecular flexibility index (Phi) is 3.54. The van der Waals surface area contributed by atoms with E-state index in [-0.39, 0.29) is 11.1 Å². The third kappa shape index (κ3) is 2.71. The minimum atomic E-state index is -4.49. The van der Waals surface area contributed by atoms with Crippen molar-refractivity contribution >= 4 is 16.9 Å². The van der Waals surface area contributed by atoms with Crippen LogP contribution in [0.2, 0.25) is 0 Å². The van der Waals surface area contributed by atoms with Gasteiger partial charge < -0.3 is 5.32 Å². The predicted octanol–water partition coefficient (Wildman–Crippen LogP) is 4.70. The van der Waals surface area contributed by atoms with Crippen LogP contribution >= 0.6 is 0 Å². The van der Waals surface area contributed by atoms with Gasteiger partial charge in [-0.05, 0) is 42.3 Å². The number of hydrogen-bond acceptors (Lipinski definition) is 3. The van der Waals surface area contributed by atoms with E-state index < -0.39 is 11.9 Å². The van der Waals surface area contributed by atoms with Crippen LogP contribution < -0.4 is 5.32 Å². The molecule has 0 spiro atoms. The molecule has 0 fully saturated rings. The highest BCUT2D eigenvalue weighted by atomic mass is 19.4. The molecule has 0 unspecified atom stereocenters. The van der Waals surface area contributed by atoms with Crippen molar-refractivity contribution in [3.63, 3.8) is 0 Å². The lowest BCUT2D eigenvalue weighted by Crippen LogP contribution is -2.18. The molecule has 136 valence electrons. The van der Waals surface area contributed by atoms with E-state index in [9.17, 15) is 13.2 Å². The van der Waals surface area contributed by atoms with Gasteiger partial charge in [-0.3, -0.25) is 4.57 Å². The molecule has 1 aliphatic rings. The number of imidazole rings is 1. The molecular formula is C19H19F3N4. The smallest absolute Gasteiger partial charge is 0.384 e. The van der Waals surface area contributed by atoms with Crippen LogP contribution in [0, 0.1) is 0 Å². The Balaban J connectivity index is 2.01. The maximum Gasteiger partial charge on any atom is 0.433 e. The molecule has 26 heavy (non-hydrogen) atoms. The SMILES string of the molecule is CC(C)(C)c1nc2ccc(C(F)(F)F)nc2n1-c1ccc2c(c1)CCN2. The molecule has 1 N–H and O–H groups in total. The highest BCUT2D eigenvalue weighted by molar-refractivity contribution is 5.75. The van der Waals surface area contributed by atoms with Gasteiger partial charge in [-0.1, -0.05) is 20.8 Å². The van der Waals surface area contributed by atoms with E-state index >= 15 is 0 Å². The van der Waals surface area contributed by atoms with Crippen LogP contribution in [-0.4, -0.2) is 21.1 Å². The summed E-state index contributed by atoms with van der Waals surface area (Å²) in [5, 5.41) is 3.29. The zero-order valence-electron chi connectivity index (χ0n) is 14.8. The topological polar surface area (TPSA) is 42.7 Å². The molecule has 0 amide bonds. The quantitative estimate of drug-likeness (QED) is 0.684. The van der Waals surface area contributed by atoms with E-state index in [0.717, 1.165) is 36.0 Å². The third-order valence-electron chi connectivity index (χ3n) is 4.52. The molecule has 3 aromatic rings. The number of nitrogens with zero attached hydrogens (tertiary/aromatic N) is 3. The lowest BCUT2D eigenvalue weighted by atomic mass is 9.95. The minimum absolute atomic E-state index is 0.232. The maximum absolute atomic E-state index is 13.2. The first kappa shape index (κ1) is 16.9. The van der Waals surface area contributed by atoms with E-state index in [1.807, 2.05) is 39.0 Å². The summed E-state index contributed by atoms with van der Waals surface area (Å²) in [7, 11) is 0. The number of hydrogen-bond donors (Lipinski definition) is 1. The Morgan fingerprint density at radius 1 is 1.04 bits per heavy atom. The molecule has 1 aromatic carbocycles. The Morgan fingerprint density at radius 3 is 2.50 bits per heavy atom. The van der Waals surface area contributed by atoms with Gasteiger partial charge in [-0.25, -0.2) is 9.97 Å². The number of fused-ring (bicyclic) bond motifs is 2. The van der Waals surface area contributed by atoms with E-state index in [2.05, 4.69) is 15.3 Å². The molecule has 0 saturated heterocycles. The number of anilines is 1. The van der Waals surface area contributed by atoms with Gasteiger partial charge in [-0.15, -0.1) is 0 Å². The number of benzene rings is 1. The van der Waals surface area contributed by atoms with Crippen molar-refractivity contribution in [2.75, 3.05) is 11.9 Å². The number of nitrogens with one attached hydrogen (secondary N) is 1. The molecule has 2 aromatic heterocycles. The summed E-state index contributed by atoms with van der Waals surface area (Å²) in [5.41, 5.74) is 2.44. The van der Waals surface area contributed by atoms with Crippen molar-refractivity contribution in [2.45, 2.75) is 38.8 Å². The number of pyridine rings is 1. The van der Waals surface area contributed by atoms with Gasteiger partial charge in [0, 0.05) is 23.3 Å². The van der Waals surface area contributed by atoms with Crippen LogP contribution in [0.1, 0.15) is 37.9 Å². The lowest BCUT2D eigenvalue weighted by Gasteiger charge is -2.20. The largest absolute Gasteiger partial charge is 0.433 e. The first-order valence-electron chi connectivity index (χ1n) is 8.49. The molecule has 7 heteroatoms. The van der Waals surface area contributed by atoms with Gasteiger partial charge >= 0.3 is 6.18 Å². The molecule has 0 saturated carbocycles. The summed E-state index contributed by atoms with van der Waals surface area (Å²) in [6.45, 7) is 6.84. The van der Waals surface area contributed by atoms with Crippen molar-refractivity contribution < 1.29 is 13.2 Å². The van der Waals surface area contributed by atoms with E-state index in [4.69, 9.17) is 0 Å². The Morgan fingerprint density at radius 2 is 1.81 bits per heavy atom. The van der Waals surface area contributed by atoms with Crippen LogP contribution in [0.4, 0.5) is 18.9 Å². The monoisotopic (exact) mass is 360 g/mol. The molecule has 0 atom stereocenters. The van der Waals surface area contributed by atoms with Gasteiger partial charge in [0.05, 0.1) is 0 Å². The van der Waals surface area contributed by atoms with Crippen molar-refractivity contribution in [3.8, 4) is 5.69 Å². The van der Waals surface area contributed by atoms with Crippen molar-refractivity contribution in [2.24, 2.45) is 0 Å². The summed E-state index contributed by atoms with van der Waals surface area (Å²) < 4.78 is 41.3. The number of alkyl halides is 3. The fraction of sp³-hybridized carbons (Fsp3) is 0.368. The number of rotatable bonds is 1. The Labute approximate surface area is 149 Å². The fourth-order valence-corrected chi connectivity index (χ4v) is 3.29. The highest BCUT2D eigenvalue weighted by Crippen LogP contribution is 2.34. The lowest BCUT2D eigenvalue weighted by molar-refractivity contribution is -0.141. The normalized spacial score (nSPS) is 14.5. The van der Waals surface area contributed by atoms with E-state index in [0.29, 0.717) is 11.3 Å². The van der Waals surface area contributed by atoms with Crippen LogP contribution in [0.15, 0.2) is 30.3 Å². The first-order valence-corrected chi connectivity index (χ1v) is 8.49. The second-order valence-electron chi connectivity index (χ2n) is 7.58. The molecule has 0 bridgehead atoms. The number of aromatic nitrogens is 3. The first-order chi connectivity index (χ1) is 12.1. The molecule has 1 aliphatic heterocycles. The van der Waals surface area contributed by atoms with E-state index in [1.165, 1.54) is 6.07 Å². The van der Waals surface area contributed by atoms with Gasteiger partial charge in [0.25, 0.3) is 0 Å². The number of halogens is 3. The third-order valence-corrected chi connectivity index (χ3v) is 4.52. The molecule has 4 nitrogen and oxygen atoms in total. The highest BCUT2D eigenvalue weighted by Gasteiger charge is 2.34. The van der Waals surface area contributed by atoms with E-state index in [1.54, 1.807) is 4.57 Å². The average Bonchev–Trinajstić information content (AvgIpc) is 3.16. The molecule has 0 aliphatic carbocycles. The average molecular weight is 360 g/mol. The van der Waals surface area contributed by atoms with Crippen LogP contribution in [-0.2, 0) is 18.0 Å². The molecular weight excluding hydrogens is 341 g/mol. The van der Waals surface area contributed by atoms with Crippen molar-refractivity contribution in [3.05, 3.63) is 47.4 Å². The summed E-state index contributed by atoms with van der Waals surface area (Å²) >= 11 is 0. The Hall–Kier alpha value is -2.57. The van der Waals surface area contributed by atoms with Gasteiger partial charge in [-0.2, -0.15) is 13.2 Å². The molecule has 3 heterocycles. The summed E-state index contributed by atoms with van der Waals surface area (Å²) in [6.07, 6.45) is -3.60. The van der Waals surface area contributed by atoms with Gasteiger partial charge in [0.15, 0.2) is 5.65 Å².